The Labute approximate surface area is 344 Å². The van der Waals surface area contributed by atoms with Crippen LogP contribution in [0, 0.1) is 0 Å². The summed E-state index contributed by atoms with van der Waals surface area (Å²) in [6.45, 7) is 0. The third-order valence-electron chi connectivity index (χ3n) is 10.8. The number of nitrogens with zero attached hydrogens (tertiary/aromatic N) is 6. The topological polar surface area (TPSA) is 77.3 Å². The van der Waals surface area contributed by atoms with E-state index >= 15 is 0 Å². The summed E-state index contributed by atoms with van der Waals surface area (Å²) < 4.78 is 9.30. The standard InChI is InChI=1S/C52H32N6S/c1-4-13-33(14-5-1)36-19-10-22-40(29-36)50-54-51(41-23-11-20-37(30-41)34-15-6-2-7-16-34)56-52(55-50)42-24-12-21-38(31-42)39-25-26-43-46(32-39)53-48(35-17-8-3-9-18-35)44-27-28-45-49(47(43)44)58-59-57-45/h1-32H. The summed E-state index contributed by atoms with van der Waals surface area (Å²) in [4.78, 5) is 20.7. The summed E-state index contributed by atoms with van der Waals surface area (Å²) >= 11 is 1.24. The Balaban J connectivity index is 1.06. The van der Waals surface area contributed by atoms with Crippen LogP contribution in [-0.4, -0.2) is 28.7 Å². The minimum atomic E-state index is 0.594. The molecule has 3 heterocycles. The fraction of sp³-hybridized carbons (Fsp3) is 0. The van der Waals surface area contributed by atoms with Crippen LogP contribution < -0.4 is 0 Å². The third-order valence-corrected chi connectivity index (χ3v) is 11.3. The van der Waals surface area contributed by atoms with Gasteiger partial charge in [0, 0.05) is 38.4 Å². The first-order valence-corrected chi connectivity index (χ1v) is 20.2. The Morgan fingerprint density at radius 3 is 1.27 bits per heavy atom. The zero-order chi connectivity index (χ0) is 39.1. The average molecular weight is 773 g/mol. The zero-order valence-corrected chi connectivity index (χ0v) is 32.4. The fourth-order valence-electron chi connectivity index (χ4n) is 7.87. The molecule has 59 heavy (non-hydrogen) atoms. The van der Waals surface area contributed by atoms with Crippen LogP contribution in [0.5, 0.6) is 0 Å². The largest absolute Gasteiger partial charge is 0.247 e. The monoisotopic (exact) mass is 772 g/mol. The van der Waals surface area contributed by atoms with Crippen LogP contribution in [0.1, 0.15) is 0 Å². The number of benzene rings is 8. The maximum atomic E-state index is 5.30. The Kier molecular flexibility index (Phi) is 8.56. The van der Waals surface area contributed by atoms with E-state index in [0.29, 0.717) is 17.5 Å². The highest BCUT2D eigenvalue weighted by Gasteiger charge is 2.18. The lowest BCUT2D eigenvalue weighted by Gasteiger charge is -2.13. The van der Waals surface area contributed by atoms with Crippen molar-refractivity contribution in [2.24, 2.45) is 0 Å². The van der Waals surface area contributed by atoms with Gasteiger partial charge in [0.05, 0.1) is 22.9 Å². The van der Waals surface area contributed by atoms with Crippen molar-refractivity contribution in [1.82, 2.24) is 28.7 Å². The first-order valence-electron chi connectivity index (χ1n) is 19.4. The zero-order valence-electron chi connectivity index (χ0n) is 31.6. The van der Waals surface area contributed by atoms with Crippen molar-refractivity contribution < 1.29 is 0 Å². The molecule has 0 bridgehead atoms. The minimum Gasteiger partial charge on any atom is -0.247 e. The molecule has 0 aliphatic rings. The molecule has 11 rings (SSSR count). The molecule has 0 spiro atoms. The summed E-state index contributed by atoms with van der Waals surface area (Å²) in [6, 6.07) is 67.0. The van der Waals surface area contributed by atoms with E-state index in [9.17, 15) is 0 Å². The van der Waals surface area contributed by atoms with Crippen LogP contribution in [0.4, 0.5) is 0 Å². The molecule has 0 aliphatic heterocycles. The molecule has 276 valence electrons. The molecular weight excluding hydrogens is 741 g/mol. The van der Waals surface area contributed by atoms with Crippen LogP contribution in [0.25, 0.3) is 112 Å². The number of hydrogen-bond acceptors (Lipinski definition) is 7. The van der Waals surface area contributed by atoms with Gasteiger partial charge in [-0.2, -0.15) is 8.75 Å². The number of pyridine rings is 1. The van der Waals surface area contributed by atoms with Gasteiger partial charge >= 0.3 is 0 Å². The number of rotatable bonds is 7. The van der Waals surface area contributed by atoms with E-state index in [4.69, 9.17) is 24.3 Å². The van der Waals surface area contributed by atoms with Crippen LogP contribution in [0.3, 0.4) is 0 Å². The van der Waals surface area contributed by atoms with Crippen LogP contribution in [0.15, 0.2) is 194 Å². The van der Waals surface area contributed by atoms with Gasteiger partial charge < -0.3 is 0 Å². The molecule has 0 amide bonds. The molecule has 11 aromatic rings. The molecule has 0 aliphatic carbocycles. The van der Waals surface area contributed by atoms with Gasteiger partial charge in [0.1, 0.15) is 11.0 Å². The maximum Gasteiger partial charge on any atom is 0.164 e. The molecule has 0 saturated carbocycles. The molecule has 6 nitrogen and oxygen atoms in total. The van der Waals surface area contributed by atoms with Crippen LogP contribution in [0.2, 0.25) is 0 Å². The van der Waals surface area contributed by atoms with Gasteiger partial charge in [-0.3, -0.25) is 0 Å². The first-order chi connectivity index (χ1) is 29.2. The molecule has 0 saturated heterocycles. The molecule has 0 radical (unpaired) electrons. The first kappa shape index (κ1) is 34.5. The van der Waals surface area contributed by atoms with Crippen molar-refractivity contribution in [2.75, 3.05) is 0 Å². The highest BCUT2D eigenvalue weighted by atomic mass is 32.1. The fourth-order valence-corrected chi connectivity index (χ4v) is 8.41. The van der Waals surface area contributed by atoms with Crippen molar-refractivity contribution in [3.8, 4) is 78.8 Å². The lowest BCUT2D eigenvalue weighted by atomic mass is 9.96. The third kappa shape index (κ3) is 6.49. The molecule has 7 heteroatoms. The van der Waals surface area contributed by atoms with E-state index in [-0.39, 0.29) is 0 Å². The molecule has 0 unspecified atom stereocenters. The van der Waals surface area contributed by atoms with Crippen molar-refractivity contribution in [3.05, 3.63) is 194 Å². The van der Waals surface area contributed by atoms with E-state index in [1.54, 1.807) is 0 Å². The molecule has 0 fully saturated rings. The normalized spacial score (nSPS) is 11.4. The van der Waals surface area contributed by atoms with E-state index in [1.165, 1.54) is 11.7 Å². The van der Waals surface area contributed by atoms with Gasteiger partial charge in [0.15, 0.2) is 17.5 Å². The second-order valence-corrected chi connectivity index (χ2v) is 15.0. The smallest absolute Gasteiger partial charge is 0.164 e. The summed E-state index contributed by atoms with van der Waals surface area (Å²) in [7, 11) is 0. The summed E-state index contributed by atoms with van der Waals surface area (Å²) in [6.07, 6.45) is 0. The number of fused-ring (bicyclic) bond motifs is 5. The summed E-state index contributed by atoms with van der Waals surface area (Å²) in [5.74, 6) is 1.81. The predicted molar refractivity (Wildman–Crippen MR) is 242 cm³/mol. The summed E-state index contributed by atoms with van der Waals surface area (Å²) in [5, 5.41) is 3.17. The molecule has 0 atom stereocenters. The lowest BCUT2D eigenvalue weighted by Crippen LogP contribution is -2.00. The Morgan fingerprint density at radius 2 is 0.729 bits per heavy atom. The Morgan fingerprint density at radius 1 is 0.288 bits per heavy atom. The van der Waals surface area contributed by atoms with Gasteiger partial charge in [-0.15, -0.1) is 0 Å². The number of aromatic nitrogens is 6. The van der Waals surface area contributed by atoms with Crippen molar-refractivity contribution in [1.29, 1.82) is 0 Å². The Hall–Kier alpha value is -7.74. The highest BCUT2D eigenvalue weighted by Crippen LogP contribution is 2.38. The van der Waals surface area contributed by atoms with Gasteiger partial charge in [-0.05, 0) is 69.8 Å². The van der Waals surface area contributed by atoms with Crippen molar-refractivity contribution >= 4 is 44.4 Å². The van der Waals surface area contributed by atoms with Gasteiger partial charge in [-0.25, -0.2) is 19.9 Å². The maximum absolute atomic E-state index is 5.30. The lowest BCUT2D eigenvalue weighted by molar-refractivity contribution is 1.07. The Bertz CT molecular complexity index is 3230. The summed E-state index contributed by atoms with van der Waals surface area (Å²) in [5.41, 5.74) is 13.9. The van der Waals surface area contributed by atoms with E-state index in [1.807, 2.05) is 24.3 Å². The molecule has 8 aromatic carbocycles. The van der Waals surface area contributed by atoms with Gasteiger partial charge in [0.2, 0.25) is 0 Å². The number of hydrogen-bond donors (Lipinski definition) is 0. The van der Waals surface area contributed by atoms with Crippen molar-refractivity contribution in [2.45, 2.75) is 0 Å². The quantitative estimate of drug-likeness (QED) is 0.150. The molecular formula is C52H32N6S. The van der Waals surface area contributed by atoms with E-state index < -0.39 is 0 Å². The average Bonchev–Trinajstić information content (AvgIpc) is 3.81. The highest BCUT2D eigenvalue weighted by molar-refractivity contribution is 7.00. The SMILES string of the molecule is c1ccc(-c2cccc(-c3nc(-c4cccc(-c5ccccc5)c4)nc(-c4cccc(-c5ccc6c(c5)nc(-c5ccccc5)c5ccc7nsnc7c56)c4)n3)c2)cc1. The van der Waals surface area contributed by atoms with Gasteiger partial charge in [-0.1, -0.05) is 158 Å². The predicted octanol–water partition coefficient (Wildman–Crippen LogP) is 13.2. The second-order valence-electron chi connectivity index (χ2n) is 14.5. The van der Waals surface area contributed by atoms with Crippen LogP contribution >= 0.6 is 11.7 Å². The second kappa shape index (κ2) is 14.6. The van der Waals surface area contributed by atoms with E-state index in [0.717, 1.165) is 94.0 Å². The molecule has 0 N–H and O–H groups in total. The van der Waals surface area contributed by atoms with Crippen molar-refractivity contribution in [3.63, 3.8) is 0 Å². The van der Waals surface area contributed by atoms with E-state index in [2.05, 4.69) is 174 Å². The van der Waals surface area contributed by atoms with Crippen LogP contribution in [-0.2, 0) is 0 Å². The minimum absolute atomic E-state index is 0.594. The van der Waals surface area contributed by atoms with Gasteiger partial charge in [0.25, 0.3) is 0 Å². The molecule has 3 aromatic heterocycles.